The van der Waals surface area contributed by atoms with Gasteiger partial charge >= 0.3 is 6.33 Å². The fourth-order valence-electron chi connectivity index (χ4n) is 0.438. The highest BCUT2D eigenvalue weighted by atomic mass is 15.3. The van der Waals surface area contributed by atoms with Gasteiger partial charge in [0.2, 0.25) is 0 Å². The van der Waals surface area contributed by atoms with Crippen LogP contribution in [0.1, 0.15) is 5.69 Å². The number of aryl methyl sites for hydroxylation is 1. The number of nitrogen functional groups attached to an aromatic ring is 1. The van der Waals surface area contributed by atoms with Crippen molar-refractivity contribution in [1.29, 1.82) is 0 Å². The largest absolute Gasteiger partial charge is 0.309 e. The van der Waals surface area contributed by atoms with E-state index in [9.17, 15) is 0 Å². The number of nitrogens with zero attached hydrogens (tertiary/aromatic N) is 2. The lowest BCUT2D eigenvalue weighted by atomic mass is 10.5. The maximum Gasteiger partial charge on any atom is 0.309 e. The molecular formula is C5H8N3+. The molecule has 0 aromatic carbocycles. The predicted molar refractivity (Wildman–Crippen MR) is 29.3 cm³/mol. The molecule has 0 atom stereocenters. The van der Waals surface area contributed by atoms with Crippen molar-refractivity contribution in [3.8, 4) is 0 Å². The predicted octanol–water partition coefficient (Wildman–Crippen LogP) is -0.609. The Morgan fingerprint density at radius 2 is 2.50 bits per heavy atom. The van der Waals surface area contributed by atoms with E-state index in [0.29, 0.717) is 0 Å². The molecule has 0 unspecified atom stereocenters. The van der Waals surface area contributed by atoms with Crippen molar-refractivity contribution in [3.63, 3.8) is 0 Å². The van der Waals surface area contributed by atoms with Crippen LogP contribution in [0, 0.1) is 6.92 Å². The van der Waals surface area contributed by atoms with Gasteiger partial charge in [-0.3, -0.25) is 5.84 Å². The molecule has 2 N–H and O–H groups in total. The van der Waals surface area contributed by atoms with Crippen LogP contribution in [0.2, 0.25) is 0 Å². The first-order valence-corrected chi connectivity index (χ1v) is 2.38. The van der Waals surface area contributed by atoms with Crippen molar-refractivity contribution in [2.75, 3.05) is 5.84 Å². The summed E-state index contributed by atoms with van der Waals surface area (Å²) in [6.07, 6.45) is 3.27. The Morgan fingerprint density at radius 3 is 2.88 bits per heavy atom. The highest BCUT2D eigenvalue weighted by Gasteiger charge is 1.92. The van der Waals surface area contributed by atoms with Crippen molar-refractivity contribution < 1.29 is 4.68 Å². The molecule has 0 saturated heterocycles. The Labute approximate surface area is 47.8 Å². The summed E-state index contributed by atoms with van der Waals surface area (Å²) in [5, 5.41) is 0. The molecule has 3 nitrogen and oxygen atoms in total. The summed E-state index contributed by atoms with van der Waals surface area (Å²) in [4.78, 5) is 3.78. The van der Waals surface area contributed by atoms with Gasteiger partial charge < -0.3 is 0 Å². The van der Waals surface area contributed by atoms with Gasteiger partial charge in [-0.2, -0.15) is 0 Å². The summed E-state index contributed by atoms with van der Waals surface area (Å²) in [6.45, 7) is 1.92. The highest BCUT2D eigenvalue weighted by molar-refractivity contribution is 4.85. The van der Waals surface area contributed by atoms with Gasteiger partial charge in [0.25, 0.3) is 0 Å². The van der Waals surface area contributed by atoms with Crippen LogP contribution < -0.4 is 10.5 Å². The van der Waals surface area contributed by atoms with Crippen LogP contribution in [0.15, 0.2) is 18.6 Å². The summed E-state index contributed by atoms with van der Waals surface area (Å²) in [5.74, 6) is 5.37. The topological polar surface area (TPSA) is 42.8 Å². The van der Waals surface area contributed by atoms with Crippen molar-refractivity contribution in [1.82, 2.24) is 4.98 Å². The third-order valence-electron chi connectivity index (χ3n) is 1.00. The molecule has 0 aliphatic heterocycles. The van der Waals surface area contributed by atoms with Gasteiger partial charge in [0.15, 0.2) is 0 Å². The van der Waals surface area contributed by atoms with E-state index in [2.05, 4.69) is 4.98 Å². The van der Waals surface area contributed by atoms with Crippen LogP contribution in [0.3, 0.4) is 0 Å². The van der Waals surface area contributed by atoms with E-state index in [0.717, 1.165) is 5.69 Å². The molecule has 0 fully saturated rings. The molecule has 0 spiro atoms. The number of rotatable bonds is 0. The van der Waals surface area contributed by atoms with Gasteiger partial charge in [-0.05, 0) is 0 Å². The number of hydrogen-bond acceptors (Lipinski definition) is 2. The third kappa shape index (κ3) is 0.753. The van der Waals surface area contributed by atoms with E-state index >= 15 is 0 Å². The summed E-state index contributed by atoms with van der Waals surface area (Å²) < 4.78 is 1.47. The SMILES string of the molecule is Cc1ccnc[n+]1N. The molecule has 1 aromatic heterocycles. The second-order valence-corrected chi connectivity index (χ2v) is 1.63. The molecule has 8 heavy (non-hydrogen) atoms. The van der Waals surface area contributed by atoms with E-state index < -0.39 is 0 Å². The summed E-state index contributed by atoms with van der Waals surface area (Å²) in [7, 11) is 0. The molecule has 1 rings (SSSR count). The van der Waals surface area contributed by atoms with Gasteiger partial charge in [0.1, 0.15) is 11.9 Å². The van der Waals surface area contributed by atoms with Gasteiger partial charge in [-0.25, -0.2) is 0 Å². The normalized spacial score (nSPS) is 9.12. The lowest BCUT2D eigenvalue weighted by molar-refractivity contribution is -0.648. The van der Waals surface area contributed by atoms with Crippen LogP contribution >= 0.6 is 0 Å². The first-order chi connectivity index (χ1) is 3.80. The molecule has 0 bridgehead atoms. The highest BCUT2D eigenvalue weighted by Crippen LogP contribution is 1.78. The standard InChI is InChI=1S/C5H8N3/c1-5-2-3-7-4-8(5)6/h2-4H,6H2,1H3/q+1. The van der Waals surface area contributed by atoms with Crippen molar-refractivity contribution in [3.05, 3.63) is 24.3 Å². The Kier molecular flexibility index (Phi) is 1.12. The first kappa shape index (κ1) is 5.03. The average molecular weight is 110 g/mol. The van der Waals surface area contributed by atoms with Crippen LogP contribution in [0.4, 0.5) is 0 Å². The van der Waals surface area contributed by atoms with Gasteiger partial charge in [-0.15, -0.1) is 4.68 Å². The van der Waals surface area contributed by atoms with Crippen LogP contribution in [-0.4, -0.2) is 4.98 Å². The van der Waals surface area contributed by atoms with Crippen molar-refractivity contribution in [2.45, 2.75) is 6.92 Å². The minimum atomic E-state index is 1.00. The maximum absolute atomic E-state index is 5.37. The second kappa shape index (κ2) is 1.78. The van der Waals surface area contributed by atoms with Gasteiger partial charge in [-0.1, -0.05) is 4.98 Å². The zero-order valence-electron chi connectivity index (χ0n) is 4.70. The minimum Gasteiger partial charge on any atom is -0.269 e. The van der Waals surface area contributed by atoms with Gasteiger partial charge in [0.05, 0.1) is 0 Å². The van der Waals surface area contributed by atoms with E-state index in [1.165, 1.54) is 4.68 Å². The molecule has 1 aromatic rings. The Balaban J connectivity index is 3.13. The Hall–Kier alpha value is -1.12. The molecular weight excluding hydrogens is 102 g/mol. The van der Waals surface area contributed by atoms with Crippen LogP contribution in [0.25, 0.3) is 0 Å². The van der Waals surface area contributed by atoms with E-state index in [4.69, 9.17) is 5.84 Å². The van der Waals surface area contributed by atoms with E-state index in [-0.39, 0.29) is 0 Å². The molecule has 1 heterocycles. The smallest absolute Gasteiger partial charge is 0.269 e. The fourth-order valence-corrected chi connectivity index (χ4v) is 0.438. The molecule has 0 radical (unpaired) electrons. The lowest BCUT2D eigenvalue weighted by Gasteiger charge is -1.88. The summed E-state index contributed by atoms with van der Waals surface area (Å²) in [5.41, 5.74) is 1.00. The molecule has 42 valence electrons. The first-order valence-electron chi connectivity index (χ1n) is 2.38. The minimum absolute atomic E-state index is 1.00. The summed E-state index contributed by atoms with van der Waals surface area (Å²) in [6, 6.07) is 1.85. The van der Waals surface area contributed by atoms with Crippen LogP contribution in [0.5, 0.6) is 0 Å². The number of hydrogen-bond donors (Lipinski definition) is 1. The molecule has 3 heteroatoms. The van der Waals surface area contributed by atoms with E-state index in [1.54, 1.807) is 12.5 Å². The van der Waals surface area contributed by atoms with Crippen molar-refractivity contribution >= 4 is 0 Å². The zero-order valence-corrected chi connectivity index (χ0v) is 4.70. The second-order valence-electron chi connectivity index (χ2n) is 1.63. The van der Waals surface area contributed by atoms with Crippen LogP contribution in [-0.2, 0) is 0 Å². The third-order valence-corrected chi connectivity index (χ3v) is 1.00. The molecule has 0 aliphatic carbocycles. The number of aromatic nitrogens is 2. The Morgan fingerprint density at radius 1 is 1.75 bits per heavy atom. The van der Waals surface area contributed by atoms with Crippen molar-refractivity contribution in [2.24, 2.45) is 0 Å². The summed E-state index contributed by atoms with van der Waals surface area (Å²) >= 11 is 0. The maximum atomic E-state index is 5.37. The monoisotopic (exact) mass is 110 g/mol. The lowest BCUT2D eigenvalue weighted by Crippen LogP contribution is -2.47. The average Bonchev–Trinajstić information content (AvgIpc) is 1.77. The molecule has 0 amide bonds. The quantitative estimate of drug-likeness (QED) is 0.357. The molecule has 0 saturated carbocycles. The zero-order chi connectivity index (χ0) is 5.98. The van der Waals surface area contributed by atoms with Gasteiger partial charge in [0, 0.05) is 13.0 Å². The van der Waals surface area contributed by atoms with E-state index in [1.807, 2.05) is 13.0 Å². The Bertz CT molecular complexity index is 164. The number of nitrogens with two attached hydrogens (primary N) is 1. The fraction of sp³-hybridized carbons (Fsp3) is 0.200. The molecule has 0 aliphatic rings.